The van der Waals surface area contributed by atoms with Crippen LogP contribution < -0.4 is 4.74 Å². The number of hydrogen-bond acceptors (Lipinski definition) is 4. The Morgan fingerprint density at radius 1 is 0.875 bits per heavy atom. The average molecular weight is 501 g/mol. The van der Waals surface area contributed by atoms with Crippen LogP contribution >= 0.6 is 15.9 Å². The van der Waals surface area contributed by atoms with E-state index >= 15 is 0 Å². The van der Waals surface area contributed by atoms with Gasteiger partial charge in [-0.15, -0.1) is 0 Å². The van der Waals surface area contributed by atoms with Crippen molar-refractivity contribution in [2.75, 3.05) is 0 Å². The summed E-state index contributed by atoms with van der Waals surface area (Å²) in [7, 11) is 0. The second-order valence-electron chi connectivity index (χ2n) is 10.3. The number of rotatable bonds is 6. The topological polar surface area (TPSA) is 52.6 Å². The molecule has 4 nitrogen and oxygen atoms in total. The van der Waals surface area contributed by atoms with E-state index < -0.39 is 17.2 Å². The quantitative estimate of drug-likeness (QED) is 0.240. The summed E-state index contributed by atoms with van der Waals surface area (Å²) in [5, 5.41) is 0. The molecule has 0 bridgehead atoms. The minimum atomic E-state index is -1.15. The zero-order valence-corrected chi connectivity index (χ0v) is 21.8. The molecule has 0 N–H and O–H groups in total. The SMILES string of the molecule is CC(C)(C)OC(=O)C(C)(C)Oc1ccc(/C=C/C(=O)c2ccc(Br)cc2)cc1C(C)(C)C. The van der Waals surface area contributed by atoms with Gasteiger partial charge in [-0.25, -0.2) is 4.79 Å². The number of ether oxygens (including phenoxy) is 2. The molecular weight excluding hydrogens is 468 g/mol. The van der Waals surface area contributed by atoms with Crippen molar-refractivity contribution in [2.45, 2.75) is 72.0 Å². The molecule has 32 heavy (non-hydrogen) atoms. The number of allylic oxidation sites excluding steroid dienone is 1. The van der Waals surface area contributed by atoms with Crippen molar-refractivity contribution in [1.82, 2.24) is 0 Å². The van der Waals surface area contributed by atoms with E-state index in [1.165, 1.54) is 0 Å². The van der Waals surface area contributed by atoms with Gasteiger partial charge in [0.25, 0.3) is 0 Å². The van der Waals surface area contributed by atoms with Crippen LogP contribution in [-0.2, 0) is 14.9 Å². The second-order valence-corrected chi connectivity index (χ2v) is 11.2. The molecule has 0 radical (unpaired) electrons. The number of ketones is 1. The van der Waals surface area contributed by atoms with Crippen LogP contribution in [0.3, 0.4) is 0 Å². The molecule has 0 aliphatic rings. The second kappa shape index (κ2) is 9.62. The van der Waals surface area contributed by atoms with Crippen molar-refractivity contribution in [3.8, 4) is 5.75 Å². The molecule has 0 aliphatic heterocycles. The van der Waals surface area contributed by atoms with Crippen LogP contribution in [0.1, 0.15) is 76.9 Å². The first kappa shape index (κ1) is 25.9. The fourth-order valence-electron chi connectivity index (χ4n) is 2.93. The Morgan fingerprint density at radius 2 is 1.47 bits per heavy atom. The van der Waals surface area contributed by atoms with Crippen LogP contribution in [0.2, 0.25) is 0 Å². The Labute approximate surface area is 200 Å². The Bertz CT molecular complexity index is 1000. The maximum absolute atomic E-state index is 12.6. The van der Waals surface area contributed by atoms with E-state index in [0.717, 1.165) is 15.6 Å². The summed E-state index contributed by atoms with van der Waals surface area (Å²) in [6.45, 7) is 15.1. The first-order valence-electron chi connectivity index (χ1n) is 10.6. The molecule has 0 unspecified atom stereocenters. The van der Waals surface area contributed by atoms with Gasteiger partial charge in [0, 0.05) is 15.6 Å². The summed E-state index contributed by atoms with van der Waals surface area (Å²) in [5.74, 6) is 0.125. The van der Waals surface area contributed by atoms with Crippen LogP contribution in [0.15, 0.2) is 53.0 Å². The summed E-state index contributed by atoms with van der Waals surface area (Å²) < 4.78 is 12.6. The van der Waals surface area contributed by atoms with Gasteiger partial charge in [0.15, 0.2) is 11.4 Å². The van der Waals surface area contributed by atoms with Crippen LogP contribution in [0.25, 0.3) is 6.08 Å². The van der Waals surface area contributed by atoms with Gasteiger partial charge < -0.3 is 9.47 Å². The molecule has 2 aromatic rings. The molecule has 0 amide bonds. The van der Waals surface area contributed by atoms with Gasteiger partial charge in [0.2, 0.25) is 0 Å². The monoisotopic (exact) mass is 500 g/mol. The zero-order chi connectivity index (χ0) is 24.3. The first-order valence-corrected chi connectivity index (χ1v) is 11.4. The highest BCUT2D eigenvalue weighted by Crippen LogP contribution is 2.35. The molecule has 2 aromatic carbocycles. The third kappa shape index (κ3) is 7.33. The van der Waals surface area contributed by atoms with E-state index in [9.17, 15) is 9.59 Å². The van der Waals surface area contributed by atoms with E-state index in [-0.39, 0.29) is 11.2 Å². The van der Waals surface area contributed by atoms with Crippen LogP contribution in [0.4, 0.5) is 0 Å². The van der Waals surface area contributed by atoms with Gasteiger partial charge in [0.1, 0.15) is 11.4 Å². The largest absolute Gasteiger partial charge is 0.476 e. The van der Waals surface area contributed by atoms with E-state index in [1.54, 1.807) is 38.1 Å². The smallest absolute Gasteiger partial charge is 0.350 e. The minimum absolute atomic E-state index is 0.0683. The zero-order valence-electron chi connectivity index (χ0n) is 20.2. The number of hydrogen-bond donors (Lipinski definition) is 0. The molecular formula is C27H33BrO4. The Hall–Kier alpha value is -2.40. The van der Waals surface area contributed by atoms with Crippen molar-refractivity contribution in [3.05, 3.63) is 69.7 Å². The van der Waals surface area contributed by atoms with Crippen LogP contribution in [-0.4, -0.2) is 23.0 Å². The standard InChI is InChI=1S/C27H33BrO4/c1-25(2,3)21-17-18(9-15-22(29)19-11-13-20(28)14-12-19)10-16-23(21)31-27(7,8)24(30)32-26(4,5)6/h9-17H,1-8H3/b15-9+. The molecule has 0 aliphatic carbocycles. The van der Waals surface area contributed by atoms with E-state index in [1.807, 2.05) is 51.1 Å². The van der Waals surface area contributed by atoms with Crippen molar-refractivity contribution in [3.63, 3.8) is 0 Å². The molecule has 0 heterocycles. The first-order chi connectivity index (χ1) is 14.6. The molecule has 5 heteroatoms. The Kier molecular flexibility index (Phi) is 7.77. The lowest BCUT2D eigenvalue weighted by Crippen LogP contribution is -2.43. The number of carbonyl (C=O) groups excluding carboxylic acids is 2. The highest BCUT2D eigenvalue weighted by molar-refractivity contribution is 9.10. The third-order valence-electron chi connectivity index (χ3n) is 4.62. The van der Waals surface area contributed by atoms with Crippen molar-refractivity contribution < 1.29 is 19.1 Å². The summed E-state index contributed by atoms with van der Waals surface area (Å²) in [5.41, 5.74) is 0.455. The van der Waals surface area contributed by atoms with Gasteiger partial charge in [-0.3, -0.25) is 4.79 Å². The third-order valence-corrected chi connectivity index (χ3v) is 5.15. The van der Waals surface area contributed by atoms with Crippen molar-refractivity contribution in [1.29, 1.82) is 0 Å². The van der Waals surface area contributed by atoms with Gasteiger partial charge in [0.05, 0.1) is 0 Å². The summed E-state index contributed by atoms with van der Waals surface area (Å²) in [6, 6.07) is 13.0. The van der Waals surface area contributed by atoms with E-state index in [2.05, 4.69) is 36.7 Å². The molecule has 2 rings (SSSR count). The maximum atomic E-state index is 12.6. The molecule has 0 saturated carbocycles. The molecule has 172 valence electrons. The number of carbonyl (C=O) groups is 2. The predicted molar refractivity (Wildman–Crippen MR) is 133 cm³/mol. The maximum Gasteiger partial charge on any atom is 0.350 e. The van der Waals surface area contributed by atoms with Gasteiger partial charge >= 0.3 is 5.97 Å². The van der Waals surface area contributed by atoms with Gasteiger partial charge in [-0.05, 0) is 88.1 Å². The average Bonchev–Trinajstić information content (AvgIpc) is 2.65. The lowest BCUT2D eigenvalue weighted by molar-refractivity contribution is -0.171. The molecule has 0 aromatic heterocycles. The van der Waals surface area contributed by atoms with E-state index in [0.29, 0.717) is 11.3 Å². The number of benzene rings is 2. The van der Waals surface area contributed by atoms with Crippen molar-refractivity contribution in [2.24, 2.45) is 0 Å². The fourth-order valence-corrected chi connectivity index (χ4v) is 3.19. The van der Waals surface area contributed by atoms with Crippen molar-refractivity contribution >= 4 is 33.8 Å². The van der Waals surface area contributed by atoms with E-state index in [4.69, 9.17) is 9.47 Å². The number of halogens is 1. The highest BCUT2D eigenvalue weighted by Gasteiger charge is 2.36. The highest BCUT2D eigenvalue weighted by atomic mass is 79.9. The van der Waals surface area contributed by atoms with Gasteiger partial charge in [-0.1, -0.05) is 48.8 Å². The summed E-state index contributed by atoms with van der Waals surface area (Å²) in [4.78, 5) is 25.1. The Balaban J connectivity index is 2.30. The fraction of sp³-hybridized carbons (Fsp3) is 0.407. The van der Waals surface area contributed by atoms with Crippen LogP contribution in [0, 0.1) is 0 Å². The molecule has 0 atom stereocenters. The summed E-state index contributed by atoms with van der Waals surface area (Å²) >= 11 is 3.38. The molecule has 0 spiro atoms. The Morgan fingerprint density at radius 3 is 2.00 bits per heavy atom. The van der Waals surface area contributed by atoms with Gasteiger partial charge in [-0.2, -0.15) is 0 Å². The predicted octanol–water partition coefficient (Wildman–Crippen LogP) is 7.14. The summed E-state index contributed by atoms with van der Waals surface area (Å²) in [6.07, 6.45) is 3.36. The molecule has 0 saturated heterocycles. The van der Waals surface area contributed by atoms with Crippen LogP contribution in [0.5, 0.6) is 5.75 Å². The minimum Gasteiger partial charge on any atom is -0.476 e. The lowest BCUT2D eigenvalue weighted by atomic mass is 9.85. The lowest BCUT2D eigenvalue weighted by Gasteiger charge is -2.31. The normalized spacial score (nSPS) is 12.7. The number of esters is 1. The molecule has 0 fully saturated rings.